The zero-order chi connectivity index (χ0) is 24.8. The molecule has 10 heteroatoms. The van der Waals surface area contributed by atoms with Crippen LogP contribution in [0, 0.1) is 0 Å². The molecule has 0 spiro atoms. The first-order valence-electron chi connectivity index (χ1n) is 11.3. The van der Waals surface area contributed by atoms with Crippen LogP contribution in [-0.2, 0) is 4.79 Å². The largest absolute Gasteiger partial charge is 0.435 e. The molecule has 1 saturated carbocycles. The molecule has 1 heterocycles. The van der Waals surface area contributed by atoms with Crippen LogP contribution in [0.1, 0.15) is 30.7 Å². The predicted octanol–water partition coefficient (Wildman–Crippen LogP) is 3.59. The van der Waals surface area contributed by atoms with Gasteiger partial charge in [0, 0.05) is 23.6 Å². The lowest BCUT2D eigenvalue weighted by Gasteiger charge is -2.21. The molecular weight excluding hydrogens is 458 g/mol. The summed E-state index contributed by atoms with van der Waals surface area (Å²) in [6, 6.07) is 12.9. The molecule has 0 bridgehead atoms. The van der Waals surface area contributed by atoms with Crippen molar-refractivity contribution in [3.63, 3.8) is 0 Å². The van der Waals surface area contributed by atoms with Crippen LogP contribution in [0.3, 0.4) is 0 Å². The van der Waals surface area contributed by atoms with Crippen molar-refractivity contribution < 1.29 is 28.5 Å². The van der Waals surface area contributed by atoms with Crippen molar-refractivity contribution in [3.05, 3.63) is 66.5 Å². The maximum atomic E-state index is 12.6. The zero-order valence-corrected chi connectivity index (χ0v) is 18.8. The monoisotopic (exact) mass is 484 g/mol. The Bertz CT molecular complexity index is 1110. The number of carbonyl (C=O) groups is 1. The normalized spacial score (nSPS) is 18.3. The third-order valence-electron chi connectivity index (χ3n) is 5.94. The van der Waals surface area contributed by atoms with Gasteiger partial charge in [0.15, 0.2) is 0 Å². The van der Waals surface area contributed by atoms with E-state index in [1.165, 1.54) is 12.1 Å². The second kappa shape index (κ2) is 11.2. The van der Waals surface area contributed by atoms with Crippen LogP contribution in [0.15, 0.2) is 60.9 Å². The molecule has 4 rings (SSSR count). The number of amides is 1. The number of alkyl halides is 2. The Morgan fingerprint density at radius 2 is 1.71 bits per heavy atom. The van der Waals surface area contributed by atoms with Gasteiger partial charge < -0.3 is 25.6 Å². The van der Waals surface area contributed by atoms with Crippen molar-refractivity contribution in [2.24, 2.45) is 0 Å². The van der Waals surface area contributed by atoms with Crippen molar-refractivity contribution in [1.29, 1.82) is 0 Å². The van der Waals surface area contributed by atoms with Crippen LogP contribution < -0.4 is 15.4 Å². The summed E-state index contributed by atoms with van der Waals surface area (Å²) in [7, 11) is 0. The van der Waals surface area contributed by atoms with Crippen LogP contribution >= 0.6 is 0 Å². The fourth-order valence-corrected chi connectivity index (χ4v) is 4.03. The summed E-state index contributed by atoms with van der Waals surface area (Å²) >= 11 is 0. The number of carbonyl (C=O) groups excluding carboxylic acids is 1. The average molecular weight is 485 g/mol. The number of benzene rings is 2. The van der Waals surface area contributed by atoms with Crippen LogP contribution in [0.25, 0.3) is 11.1 Å². The van der Waals surface area contributed by atoms with E-state index in [0.717, 1.165) is 18.4 Å². The first kappa shape index (κ1) is 24.5. The molecule has 3 atom stereocenters. The Kier molecular flexibility index (Phi) is 7.84. The maximum absolute atomic E-state index is 12.6. The van der Waals surface area contributed by atoms with E-state index < -0.39 is 18.6 Å². The molecule has 8 nitrogen and oxygen atoms in total. The van der Waals surface area contributed by atoms with Crippen molar-refractivity contribution in [2.45, 2.75) is 43.9 Å². The van der Waals surface area contributed by atoms with Gasteiger partial charge in [0.1, 0.15) is 5.75 Å². The van der Waals surface area contributed by atoms with Gasteiger partial charge in [0.2, 0.25) is 11.9 Å². The van der Waals surface area contributed by atoms with Crippen LogP contribution in [0.5, 0.6) is 5.75 Å². The quantitative estimate of drug-likeness (QED) is 0.367. The van der Waals surface area contributed by atoms with Crippen molar-refractivity contribution >= 4 is 17.5 Å². The number of nitrogens with zero attached hydrogens (tertiary/aromatic N) is 2. The third-order valence-corrected chi connectivity index (χ3v) is 5.94. The third kappa shape index (κ3) is 6.28. The van der Waals surface area contributed by atoms with E-state index in [2.05, 4.69) is 25.3 Å². The van der Waals surface area contributed by atoms with Crippen LogP contribution in [0.4, 0.5) is 20.4 Å². The number of ether oxygens (including phenoxy) is 1. The molecular formula is C25H26F2N4O4. The number of halogens is 2. The van der Waals surface area contributed by atoms with Crippen molar-refractivity contribution in [3.8, 4) is 16.9 Å². The van der Waals surface area contributed by atoms with E-state index >= 15 is 0 Å². The molecule has 0 saturated heterocycles. The molecule has 184 valence electrons. The second-order valence-corrected chi connectivity index (χ2v) is 8.29. The molecule has 1 aliphatic rings. The van der Waals surface area contributed by atoms with Gasteiger partial charge in [0.25, 0.3) is 0 Å². The topological polar surface area (TPSA) is 117 Å². The smallest absolute Gasteiger partial charge is 0.387 e. The van der Waals surface area contributed by atoms with E-state index in [1.807, 2.05) is 0 Å². The fraction of sp³-hybridized carbons (Fsp3) is 0.320. The molecule has 3 aromatic rings. The van der Waals surface area contributed by atoms with E-state index in [-0.39, 0.29) is 24.3 Å². The molecule has 1 amide bonds. The maximum Gasteiger partial charge on any atom is 0.387 e. The Labute approximate surface area is 201 Å². The first-order valence-corrected chi connectivity index (χ1v) is 11.3. The average Bonchev–Trinajstić information content (AvgIpc) is 3.25. The molecule has 0 radical (unpaired) electrons. The number of aromatic nitrogens is 2. The molecule has 2 aromatic carbocycles. The SMILES string of the molecule is O=C(N[C@H]1CCCC1O)[C@@H](CO)c1ccc(Nc2ncc(-c3ccc(OC(F)F)cc3)cn2)cc1. The Hall–Kier alpha value is -3.63. The van der Waals surface area contributed by atoms with Crippen LogP contribution in [0.2, 0.25) is 0 Å². The van der Waals surface area contributed by atoms with Gasteiger partial charge >= 0.3 is 6.61 Å². The summed E-state index contributed by atoms with van der Waals surface area (Å²) < 4.78 is 28.9. The van der Waals surface area contributed by atoms with E-state index in [9.17, 15) is 23.8 Å². The summed E-state index contributed by atoms with van der Waals surface area (Å²) in [5.74, 6) is -0.619. The highest BCUT2D eigenvalue weighted by Crippen LogP contribution is 2.25. The molecule has 1 unspecified atom stereocenters. The fourth-order valence-electron chi connectivity index (χ4n) is 4.03. The van der Waals surface area contributed by atoms with Gasteiger partial charge in [0.05, 0.1) is 24.7 Å². The van der Waals surface area contributed by atoms with Gasteiger partial charge in [-0.1, -0.05) is 24.3 Å². The molecule has 35 heavy (non-hydrogen) atoms. The van der Waals surface area contributed by atoms with Gasteiger partial charge in [-0.25, -0.2) is 9.97 Å². The van der Waals surface area contributed by atoms with Gasteiger partial charge in [-0.15, -0.1) is 0 Å². The number of hydrogen-bond acceptors (Lipinski definition) is 7. The number of hydrogen-bond donors (Lipinski definition) is 4. The summed E-state index contributed by atoms with van der Waals surface area (Å²) in [6.07, 6.45) is 4.93. The number of anilines is 2. The lowest BCUT2D eigenvalue weighted by molar-refractivity contribution is -0.124. The summed E-state index contributed by atoms with van der Waals surface area (Å²) in [5.41, 5.74) is 2.80. The van der Waals surface area contributed by atoms with Crippen LogP contribution in [-0.4, -0.2) is 51.5 Å². The predicted molar refractivity (Wildman–Crippen MR) is 125 cm³/mol. The molecule has 4 N–H and O–H groups in total. The van der Waals surface area contributed by atoms with Gasteiger partial charge in [-0.3, -0.25) is 4.79 Å². The molecule has 1 aliphatic carbocycles. The Morgan fingerprint density at radius 1 is 1.03 bits per heavy atom. The number of aliphatic hydroxyl groups is 2. The van der Waals surface area contributed by atoms with Crippen molar-refractivity contribution in [1.82, 2.24) is 15.3 Å². The summed E-state index contributed by atoms with van der Waals surface area (Å²) in [4.78, 5) is 21.2. The number of rotatable bonds is 9. The minimum absolute atomic E-state index is 0.0726. The number of aliphatic hydroxyl groups excluding tert-OH is 2. The molecule has 0 aliphatic heterocycles. The second-order valence-electron chi connectivity index (χ2n) is 8.29. The number of nitrogens with one attached hydrogen (secondary N) is 2. The summed E-state index contributed by atoms with van der Waals surface area (Å²) in [6.45, 7) is -3.22. The van der Waals surface area contributed by atoms with Gasteiger partial charge in [-0.2, -0.15) is 8.78 Å². The standard InChI is InChI=1S/C25H26F2N4O4/c26-24(27)35-19-10-6-15(7-11-19)17-12-28-25(29-13-17)30-18-8-4-16(5-9-18)20(14-32)23(34)31-21-2-1-3-22(21)33/h4-13,20-22,24,32-33H,1-3,14H2,(H,31,34)(H,28,29,30)/t20-,21-,22?/m0/s1. The minimum Gasteiger partial charge on any atom is -0.435 e. The highest BCUT2D eigenvalue weighted by atomic mass is 19.3. The molecule has 1 aromatic heterocycles. The van der Waals surface area contributed by atoms with E-state index in [4.69, 9.17) is 0 Å². The minimum atomic E-state index is -2.87. The first-order chi connectivity index (χ1) is 16.9. The Morgan fingerprint density at radius 3 is 2.29 bits per heavy atom. The van der Waals surface area contributed by atoms with E-state index in [0.29, 0.717) is 29.2 Å². The highest BCUT2D eigenvalue weighted by Gasteiger charge is 2.29. The highest BCUT2D eigenvalue weighted by molar-refractivity contribution is 5.84. The molecule has 1 fully saturated rings. The lowest BCUT2D eigenvalue weighted by atomic mass is 9.98. The summed E-state index contributed by atoms with van der Waals surface area (Å²) in [5, 5.41) is 25.6. The Balaban J connectivity index is 1.36. The lowest BCUT2D eigenvalue weighted by Crippen LogP contribution is -2.43. The zero-order valence-electron chi connectivity index (χ0n) is 18.8. The van der Waals surface area contributed by atoms with Gasteiger partial charge in [-0.05, 0) is 54.7 Å². The van der Waals surface area contributed by atoms with Crippen molar-refractivity contribution in [2.75, 3.05) is 11.9 Å². The van der Waals surface area contributed by atoms with E-state index in [1.54, 1.807) is 48.8 Å².